The van der Waals surface area contributed by atoms with Gasteiger partial charge in [0.25, 0.3) is 0 Å². The third kappa shape index (κ3) is 6.50. The van der Waals surface area contributed by atoms with Gasteiger partial charge in [-0.1, -0.05) is 36.4 Å². The first-order valence-electron chi connectivity index (χ1n) is 11.6. The summed E-state index contributed by atoms with van der Waals surface area (Å²) in [5, 5.41) is 0. The molecule has 0 aromatic heterocycles. The van der Waals surface area contributed by atoms with Crippen LogP contribution in [0.1, 0.15) is 27.7 Å². The van der Waals surface area contributed by atoms with Gasteiger partial charge in [-0.25, -0.2) is 0 Å². The maximum absolute atomic E-state index is 13.3. The predicted octanol–water partition coefficient (Wildman–Crippen LogP) is 9.28. The molecule has 0 bridgehead atoms. The molecule has 0 saturated heterocycles. The Balaban J connectivity index is 2.22. The summed E-state index contributed by atoms with van der Waals surface area (Å²) >= 11 is 0. The van der Waals surface area contributed by atoms with Crippen LogP contribution in [0.3, 0.4) is 0 Å². The van der Waals surface area contributed by atoms with Crippen molar-refractivity contribution in [2.75, 3.05) is 0 Å². The minimum atomic E-state index is -3.03. The van der Waals surface area contributed by atoms with E-state index in [1.165, 1.54) is 0 Å². The highest BCUT2D eigenvalue weighted by atomic mass is 19.3. The lowest BCUT2D eigenvalue weighted by Crippen LogP contribution is -2.25. The van der Waals surface area contributed by atoms with Gasteiger partial charge < -0.3 is 14.2 Å². The summed E-state index contributed by atoms with van der Waals surface area (Å²) in [6, 6.07) is 6.03. The number of halogens is 9. The van der Waals surface area contributed by atoms with Crippen molar-refractivity contribution in [1.29, 1.82) is 0 Å². The first kappa shape index (κ1) is 24.0. The molecule has 0 radical (unpaired) electrons. The fourth-order valence-corrected chi connectivity index (χ4v) is 3.25. The molecule has 3 aromatic carbocycles. The van der Waals surface area contributed by atoms with E-state index in [1.54, 1.807) is 0 Å². The Kier molecular flexibility index (Phi) is 7.46. The van der Waals surface area contributed by atoms with Crippen molar-refractivity contribution in [3.63, 3.8) is 0 Å². The molecule has 3 nitrogen and oxygen atoms in total. The van der Waals surface area contributed by atoms with Crippen LogP contribution in [0.25, 0.3) is 0 Å². The van der Waals surface area contributed by atoms with Crippen LogP contribution in [-0.4, -0.2) is 0 Å². The summed E-state index contributed by atoms with van der Waals surface area (Å²) in [4.78, 5) is 0. The molecule has 0 saturated carbocycles. The van der Waals surface area contributed by atoms with Crippen molar-refractivity contribution in [3.05, 3.63) is 126 Å². The van der Waals surface area contributed by atoms with E-state index in [-0.39, 0.29) is 16.7 Å². The van der Waals surface area contributed by atoms with Crippen LogP contribution < -0.4 is 14.2 Å². The minimum Gasteiger partial charge on any atom is -0.428 e. The zero-order chi connectivity index (χ0) is 30.5. The van der Waals surface area contributed by atoms with Gasteiger partial charge in [-0.15, -0.1) is 0 Å². The molecule has 0 aliphatic carbocycles. The van der Waals surface area contributed by atoms with E-state index in [0.717, 1.165) is 72.8 Å². The maximum atomic E-state index is 13.3. The zero-order valence-corrected chi connectivity index (χ0v) is 18.6. The highest BCUT2D eigenvalue weighted by Gasteiger charge is 2.31. The van der Waals surface area contributed by atoms with Gasteiger partial charge in [-0.05, 0) is 59.9 Å². The summed E-state index contributed by atoms with van der Waals surface area (Å²) in [5.41, 5.74) is -2.40. The Morgan fingerprint density at radius 2 is 0.711 bits per heavy atom. The van der Waals surface area contributed by atoms with Crippen molar-refractivity contribution in [1.82, 2.24) is 0 Å². The van der Waals surface area contributed by atoms with Gasteiger partial charge in [0, 0.05) is 9.53 Å². The highest BCUT2D eigenvalue weighted by molar-refractivity contribution is 5.52. The average Bonchev–Trinajstić information content (AvgIpc) is 2.90. The van der Waals surface area contributed by atoms with Gasteiger partial charge >= 0.3 is 36.3 Å². The Hall–Kier alpha value is -4.35. The van der Waals surface area contributed by atoms with E-state index in [2.05, 4.69) is 14.2 Å². The van der Waals surface area contributed by atoms with Gasteiger partial charge in [0.05, 0.1) is 0 Å². The van der Waals surface area contributed by atoms with Crippen molar-refractivity contribution in [3.8, 4) is 17.2 Å². The largest absolute Gasteiger partial charge is 0.428 e. The fourth-order valence-electron chi connectivity index (χ4n) is 3.25. The molecular formula is C26H15F9O3. The second-order valence-corrected chi connectivity index (χ2v) is 7.23. The lowest BCUT2D eigenvalue weighted by atomic mass is 9.71. The first-order chi connectivity index (χ1) is 19.2. The summed E-state index contributed by atoms with van der Waals surface area (Å²) in [6.07, 6.45) is -8.23. The van der Waals surface area contributed by atoms with Crippen LogP contribution in [0.2, 0.25) is 0 Å². The van der Waals surface area contributed by atoms with E-state index < -0.39 is 65.8 Å². The molecule has 0 amide bonds. The molecule has 0 fully saturated rings. The molecule has 0 atom stereocenters. The van der Waals surface area contributed by atoms with E-state index >= 15 is 0 Å². The van der Waals surface area contributed by atoms with Gasteiger partial charge in [0.2, 0.25) is 0 Å². The molecule has 12 heteroatoms. The van der Waals surface area contributed by atoms with Gasteiger partial charge in [0.15, 0.2) is 0 Å². The number of hydrogen-bond donors (Lipinski definition) is 0. The third-order valence-electron chi connectivity index (χ3n) is 4.93. The summed E-state index contributed by atoms with van der Waals surface area (Å²) in [5.74, 6) is -1.30. The molecule has 0 spiro atoms. The third-order valence-corrected chi connectivity index (χ3v) is 4.93. The molecule has 3 rings (SSSR count). The number of rotatable bonds is 9. The van der Waals surface area contributed by atoms with Crippen molar-refractivity contribution >= 4 is 0 Å². The summed E-state index contributed by atoms with van der Waals surface area (Å²) in [7, 11) is 0. The average molecular weight is 552 g/mol. The molecule has 38 heavy (non-hydrogen) atoms. The topological polar surface area (TPSA) is 27.7 Å². The molecule has 0 N–H and O–H groups in total. The predicted molar refractivity (Wildman–Crippen MR) is 118 cm³/mol. The van der Waals surface area contributed by atoms with Gasteiger partial charge in [-0.2, -0.15) is 39.5 Å². The van der Waals surface area contributed by atoms with Gasteiger partial charge in [-0.3, -0.25) is 0 Å². The Morgan fingerprint density at radius 1 is 0.474 bits per heavy atom. The van der Waals surface area contributed by atoms with E-state index in [4.69, 9.17) is 4.11 Å². The molecule has 0 heterocycles. The van der Waals surface area contributed by atoms with Crippen LogP contribution in [-0.2, 0) is 5.41 Å². The van der Waals surface area contributed by atoms with Gasteiger partial charge in [0.1, 0.15) is 17.2 Å². The lowest BCUT2D eigenvalue weighted by Gasteiger charge is -2.32. The molecule has 200 valence electrons. The molecular weight excluding hydrogens is 531 g/mol. The van der Waals surface area contributed by atoms with Crippen LogP contribution >= 0.6 is 0 Å². The summed E-state index contributed by atoms with van der Waals surface area (Å²) in [6.45, 7) is -3.03. The fraction of sp³-hybridized carbons (Fsp3) is 0.0769. The number of ether oxygens (including phenoxy) is 3. The van der Waals surface area contributed by atoms with Crippen LogP contribution in [0.4, 0.5) is 39.5 Å². The zero-order valence-electron chi connectivity index (χ0n) is 21.6. The van der Waals surface area contributed by atoms with E-state index in [1.807, 2.05) is 0 Å². The SMILES string of the molecule is [3H]C([3H])([3H])C(c1ccc(OC(F)=C(F)F)cc1)(c1ccc(OC(F)=C(F)F)cc1)c1ccc(OC(F)=C(F)F)cc1. The Morgan fingerprint density at radius 3 is 0.895 bits per heavy atom. The highest BCUT2D eigenvalue weighted by Crippen LogP contribution is 2.41. The standard InChI is InChI=1S/C26H15F9O3/c1-26(14-2-8-17(9-3-14)36-23(33)20(27)28,15-4-10-18(11-5-15)37-24(34)21(29)30)16-6-12-19(13-7-16)38-25(35)22(31)32/h2-13H,1H3/i1T3. The Bertz CT molecular complexity index is 1290. The number of hydrogen-bond acceptors (Lipinski definition) is 3. The lowest BCUT2D eigenvalue weighted by molar-refractivity contribution is 0.241. The molecule has 0 aliphatic rings. The maximum Gasteiger partial charge on any atom is 0.344 e. The van der Waals surface area contributed by atoms with Crippen molar-refractivity contribution in [2.45, 2.75) is 12.3 Å². The minimum absolute atomic E-state index is 0.0703. The molecule has 0 aliphatic heterocycles. The van der Waals surface area contributed by atoms with E-state index in [0.29, 0.717) is 0 Å². The quantitative estimate of drug-likeness (QED) is 0.150. The normalized spacial score (nSPS) is 12.4. The monoisotopic (exact) mass is 552 g/mol. The first-order valence-corrected chi connectivity index (χ1v) is 10.1. The Labute approximate surface area is 213 Å². The second-order valence-electron chi connectivity index (χ2n) is 7.23. The smallest absolute Gasteiger partial charge is 0.344 e. The van der Waals surface area contributed by atoms with Crippen LogP contribution in [0.15, 0.2) is 109 Å². The second kappa shape index (κ2) is 11.8. The molecule has 3 aromatic rings. The van der Waals surface area contributed by atoms with Crippen LogP contribution in [0, 0.1) is 0 Å². The van der Waals surface area contributed by atoms with Crippen LogP contribution in [0.5, 0.6) is 17.2 Å². The van der Waals surface area contributed by atoms with E-state index in [9.17, 15) is 39.5 Å². The van der Waals surface area contributed by atoms with Crippen molar-refractivity contribution in [2.24, 2.45) is 0 Å². The molecule has 0 unspecified atom stereocenters. The van der Waals surface area contributed by atoms with Crippen molar-refractivity contribution < 1.29 is 57.8 Å². The summed E-state index contributed by atoms with van der Waals surface area (Å²) < 4.78 is 153. The number of benzene rings is 3.